The molecule has 1 aliphatic heterocycles. The quantitative estimate of drug-likeness (QED) is 0.847. The molecule has 3 heteroatoms. The van der Waals surface area contributed by atoms with Gasteiger partial charge in [0, 0.05) is 13.1 Å². The van der Waals surface area contributed by atoms with Gasteiger partial charge in [0.05, 0.1) is 0 Å². The average molecular weight is 275 g/mol. The number of carbonyl (C=O) groups is 1. The van der Waals surface area contributed by atoms with Crippen LogP contribution in [0.15, 0.2) is 18.2 Å². The van der Waals surface area contributed by atoms with Crippen LogP contribution in [0.4, 0.5) is 0 Å². The van der Waals surface area contributed by atoms with Gasteiger partial charge >= 0.3 is 0 Å². The number of piperidine rings is 1. The van der Waals surface area contributed by atoms with Crippen LogP contribution in [0.3, 0.4) is 0 Å². The molecule has 110 valence electrons. The smallest absolute Gasteiger partial charge is 0.263 e. The first-order valence-electron chi connectivity index (χ1n) is 7.50. The number of carbonyl (C=O) groups excluding carboxylic acids is 1. The van der Waals surface area contributed by atoms with Crippen LogP contribution >= 0.6 is 0 Å². The van der Waals surface area contributed by atoms with Gasteiger partial charge in [-0.2, -0.15) is 0 Å². The van der Waals surface area contributed by atoms with Crippen molar-refractivity contribution in [3.8, 4) is 5.75 Å². The summed E-state index contributed by atoms with van der Waals surface area (Å²) in [5.74, 6) is 1.66. The third-order valence-electron chi connectivity index (χ3n) is 4.09. The fraction of sp³-hybridized carbons (Fsp3) is 0.588. The summed E-state index contributed by atoms with van der Waals surface area (Å²) in [6.07, 6.45) is 1.79. The molecule has 1 fully saturated rings. The minimum absolute atomic E-state index is 0.109. The maximum Gasteiger partial charge on any atom is 0.263 e. The standard InChI is InChI=1S/C17H25NO2/c1-12-7-9-18(10-8-12)17(19)15(4)20-16-11-13(2)5-6-14(16)3/h5-6,11-12,15H,7-10H2,1-4H3. The van der Waals surface area contributed by atoms with E-state index in [1.54, 1.807) is 0 Å². The molecule has 0 saturated carbocycles. The van der Waals surface area contributed by atoms with Gasteiger partial charge in [-0.1, -0.05) is 19.1 Å². The Morgan fingerprint density at radius 3 is 2.60 bits per heavy atom. The van der Waals surface area contributed by atoms with Crippen LogP contribution in [0.1, 0.15) is 37.8 Å². The number of nitrogens with zero attached hydrogens (tertiary/aromatic N) is 1. The lowest BCUT2D eigenvalue weighted by Crippen LogP contribution is -2.44. The first kappa shape index (κ1) is 14.9. The highest BCUT2D eigenvalue weighted by Gasteiger charge is 2.25. The SMILES string of the molecule is Cc1ccc(C)c(OC(C)C(=O)N2CCC(C)CC2)c1. The molecular formula is C17H25NO2. The maximum absolute atomic E-state index is 12.4. The van der Waals surface area contributed by atoms with E-state index in [9.17, 15) is 4.79 Å². The number of aryl methyl sites for hydroxylation is 2. The largest absolute Gasteiger partial charge is 0.481 e. The average Bonchev–Trinajstić information content (AvgIpc) is 2.43. The number of hydrogen-bond acceptors (Lipinski definition) is 2. The van der Waals surface area contributed by atoms with E-state index >= 15 is 0 Å². The summed E-state index contributed by atoms with van der Waals surface area (Å²) < 4.78 is 5.88. The molecule has 0 radical (unpaired) electrons. The van der Waals surface area contributed by atoms with Gasteiger partial charge in [-0.3, -0.25) is 4.79 Å². The van der Waals surface area contributed by atoms with E-state index in [2.05, 4.69) is 13.0 Å². The predicted octanol–water partition coefficient (Wildman–Crippen LogP) is 3.33. The van der Waals surface area contributed by atoms with Crippen LogP contribution in [-0.2, 0) is 4.79 Å². The summed E-state index contributed by atoms with van der Waals surface area (Å²) in [4.78, 5) is 14.3. The van der Waals surface area contributed by atoms with Gasteiger partial charge in [-0.15, -0.1) is 0 Å². The number of ether oxygens (including phenoxy) is 1. The molecule has 0 spiro atoms. The number of likely N-dealkylation sites (tertiary alicyclic amines) is 1. The van der Waals surface area contributed by atoms with Crippen LogP contribution in [0.2, 0.25) is 0 Å². The van der Waals surface area contributed by atoms with E-state index in [4.69, 9.17) is 4.74 Å². The fourth-order valence-corrected chi connectivity index (χ4v) is 2.56. The Morgan fingerprint density at radius 1 is 1.30 bits per heavy atom. The highest BCUT2D eigenvalue weighted by atomic mass is 16.5. The van der Waals surface area contributed by atoms with Crippen molar-refractivity contribution in [3.63, 3.8) is 0 Å². The zero-order chi connectivity index (χ0) is 14.7. The van der Waals surface area contributed by atoms with Crippen LogP contribution in [0, 0.1) is 19.8 Å². The van der Waals surface area contributed by atoms with Crippen molar-refractivity contribution in [2.24, 2.45) is 5.92 Å². The maximum atomic E-state index is 12.4. The Hall–Kier alpha value is -1.51. The summed E-state index contributed by atoms with van der Waals surface area (Å²) in [6.45, 7) is 9.86. The number of amides is 1. The van der Waals surface area contributed by atoms with E-state index in [1.165, 1.54) is 0 Å². The molecule has 1 atom stereocenters. The topological polar surface area (TPSA) is 29.5 Å². The van der Waals surface area contributed by atoms with Gasteiger partial charge in [-0.25, -0.2) is 0 Å². The molecule has 1 aromatic rings. The number of rotatable bonds is 3. The summed E-state index contributed by atoms with van der Waals surface area (Å²) in [7, 11) is 0. The zero-order valence-corrected chi connectivity index (χ0v) is 13.0. The molecule has 1 aromatic carbocycles. The Bertz CT molecular complexity index is 476. The molecule has 1 heterocycles. The number of hydrogen-bond donors (Lipinski definition) is 0. The summed E-state index contributed by atoms with van der Waals surface area (Å²) in [6, 6.07) is 6.09. The van der Waals surface area contributed by atoms with Crippen LogP contribution in [0.5, 0.6) is 5.75 Å². The van der Waals surface area contributed by atoms with Gasteiger partial charge in [0.2, 0.25) is 0 Å². The second-order valence-electron chi connectivity index (χ2n) is 6.04. The van der Waals surface area contributed by atoms with Gasteiger partial charge in [0.15, 0.2) is 6.10 Å². The molecule has 1 saturated heterocycles. The van der Waals surface area contributed by atoms with Crippen LogP contribution in [0.25, 0.3) is 0 Å². The predicted molar refractivity (Wildman–Crippen MR) is 81.0 cm³/mol. The Balaban J connectivity index is 1.98. The van der Waals surface area contributed by atoms with Gasteiger partial charge in [0.25, 0.3) is 5.91 Å². The second-order valence-corrected chi connectivity index (χ2v) is 6.04. The first-order chi connectivity index (χ1) is 9.47. The van der Waals surface area contributed by atoms with Crippen molar-refractivity contribution in [2.45, 2.75) is 46.6 Å². The lowest BCUT2D eigenvalue weighted by Gasteiger charge is -2.32. The minimum atomic E-state index is -0.413. The molecule has 0 aliphatic carbocycles. The first-order valence-corrected chi connectivity index (χ1v) is 7.50. The molecule has 0 N–H and O–H groups in total. The molecule has 1 amide bonds. The zero-order valence-electron chi connectivity index (χ0n) is 13.0. The van der Waals surface area contributed by atoms with Crippen molar-refractivity contribution in [1.82, 2.24) is 4.90 Å². The van der Waals surface area contributed by atoms with E-state index in [1.807, 2.05) is 37.8 Å². The van der Waals surface area contributed by atoms with E-state index in [0.29, 0.717) is 0 Å². The summed E-state index contributed by atoms with van der Waals surface area (Å²) in [5.41, 5.74) is 2.22. The molecule has 0 bridgehead atoms. The molecule has 2 rings (SSSR count). The molecular weight excluding hydrogens is 250 g/mol. The van der Waals surface area contributed by atoms with Gasteiger partial charge in [0.1, 0.15) is 5.75 Å². The molecule has 3 nitrogen and oxygen atoms in total. The minimum Gasteiger partial charge on any atom is -0.481 e. The highest BCUT2D eigenvalue weighted by Crippen LogP contribution is 2.22. The number of benzene rings is 1. The molecule has 1 aliphatic rings. The molecule has 1 unspecified atom stereocenters. The van der Waals surface area contributed by atoms with Crippen molar-refractivity contribution in [1.29, 1.82) is 0 Å². The van der Waals surface area contributed by atoms with Crippen molar-refractivity contribution in [3.05, 3.63) is 29.3 Å². The van der Waals surface area contributed by atoms with Gasteiger partial charge < -0.3 is 9.64 Å². The van der Waals surface area contributed by atoms with E-state index in [0.717, 1.165) is 48.7 Å². The summed E-state index contributed by atoms with van der Waals surface area (Å²) in [5, 5.41) is 0. The normalized spacial score (nSPS) is 17.9. The van der Waals surface area contributed by atoms with Crippen molar-refractivity contribution < 1.29 is 9.53 Å². The monoisotopic (exact) mass is 275 g/mol. The third kappa shape index (κ3) is 3.53. The lowest BCUT2D eigenvalue weighted by atomic mass is 9.99. The van der Waals surface area contributed by atoms with E-state index < -0.39 is 6.10 Å². The van der Waals surface area contributed by atoms with Crippen LogP contribution in [-0.4, -0.2) is 30.0 Å². The van der Waals surface area contributed by atoms with Crippen molar-refractivity contribution >= 4 is 5.91 Å². The molecule has 20 heavy (non-hydrogen) atoms. The molecule has 0 aromatic heterocycles. The Labute approximate surface area is 121 Å². The third-order valence-corrected chi connectivity index (χ3v) is 4.09. The highest BCUT2D eigenvalue weighted by molar-refractivity contribution is 5.81. The fourth-order valence-electron chi connectivity index (χ4n) is 2.56. The van der Waals surface area contributed by atoms with Gasteiger partial charge in [-0.05, 0) is 56.7 Å². The second kappa shape index (κ2) is 6.29. The Kier molecular flexibility index (Phi) is 4.69. The summed E-state index contributed by atoms with van der Waals surface area (Å²) >= 11 is 0. The Morgan fingerprint density at radius 2 is 1.95 bits per heavy atom. The van der Waals surface area contributed by atoms with Crippen LogP contribution < -0.4 is 4.74 Å². The lowest BCUT2D eigenvalue weighted by molar-refractivity contribution is -0.139. The van der Waals surface area contributed by atoms with E-state index in [-0.39, 0.29) is 5.91 Å². The van der Waals surface area contributed by atoms with Crippen molar-refractivity contribution in [2.75, 3.05) is 13.1 Å².